The normalized spacial score (nSPS) is 20.2. The first-order chi connectivity index (χ1) is 12.3. The Morgan fingerprint density at radius 2 is 2.00 bits per heavy atom. The molecule has 0 aromatic carbocycles. The standard InChI is InChI=1S/C18H24N6O/c25-18(23-12-4-5-15(23)14-7-9-19-10-8-14)20-13-17-22-21-16-6-2-1-3-11-24(16)17/h7-10,15H,1-6,11-13H2,(H,20,25)/t15-/m0/s1. The Labute approximate surface area is 147 Å². The molecule has 0 radical (unpaired) electrons. The van der Waals surface area contributed by atoms with Crippen molar-refractivity contribution in [3.8, 4) is 0 Å². The van der Waals surface area contributed by atoms with Crippen LogP contribution in [0.1, 0.15) is 55.4 Å². The van der Waals surface area contributed by atoms with Gasteiger partial charge >= 0.3 is 6.03 Å². The molecule has 1 saturated heterocycles. The van der Waals surface area contributed by atoms with E-state index in [2.05, 4.69) is 25.1 Å². The third-order valence-electron chi connectivity index (χ3n) is 5.19. The number of amides is 2. The van der Waals surface area contributed by atoms with Crippen LogP contribution >= 0.6 is 0 Å². The monoisotopic (exact) mass is 340 g/mol. The number of likely N-dealkylation sites (tertiary alicyclic amines) is 1. The fourth-order valence-electron chi connectivity index (χ4n) is 3.87. The highest BCUT2D eigenvalue weighted by atomic mass is 16.2. The van der Waals surface area contributed by atoms with Crippen molar-refractivity contribution in [2.75, 3.05) is 6.54 Å². The molecule has 132 valence electrons. The van der Waals surface area contributed by atoms with E-state index >= 15 is 0 Å². The summed E-state index contributed by atoms with van der Waals surface area (Å²) in [5.74, 6) is 1.92. The van der Waals surface area contributed by atoms with Crippen LogP contribution in [0.3, 0.4) is 0 Å². The van der Waals surface area contributed by atoms with Gasteiger partial charge in [0.2, 0.25) is 0 Å². The second kappa shape index (κ2) is 7.21. The van der Waals surface area contributed by atoms with Crippen LogP contribution in [0, 0.1) is 0 Å². The number of aromatic nitrogens is 4. The summed E-state index contributed by atoms with van der Waals surface area (Å²) in [6, 6.07) is 4.10. The van der Waals surface area contributed by atoms with Crippen LogP contribution in [0.15, 0.2) is 24.5 Å². The maximum absolute atomic E-state index is 12.7. The van der Waals surface area contributed by atoms with Crippen molar-refractivity contribution in [3.63, 3.8) is 0 Å². The van der Waals surface area contributed by atoms with Gasteiger partial charge in [-0.05, 0) is 43.4 Å². The number of rotatable bonds is 3. The van der Waals surface area contributed by atoms with Gasteiger partial charge in [-0.25, -0.2) is 4.79 Å². The number of hydrogen-bond donors (Lipinski definition) is 1. The number of urea groups is 1. The smallest absolute Gasteiger partial charge is 0.318 e. The Morgan fingerprint density at radius 1 is 1.12 bits per heavy atom. The maximum atomic E-state index is 12.7. The minimum Gasteiger partial charge on any atom is -0.331 e. The van der Waals surface area contributed by atoms with Crippen LogP contribution in [-0.4, -0.2) is 37.2 Å². The molecule has 2 aromatic rings. The van der Waals surface area contributed by atoms with Gasteiger partial charge in [0.1, 0.15) is 5.82 Å². The number of nitrogens with zero attached hydrogens (tertiary/aromatic N) is 5. The summed E-state index contributed by atoms with van der Waals surface area (Å²) in [6.07, 6.45) is 10.1. The number of hydrogen-bond acceptors (Lipinski definition) is 4. The highest BCUT2D eigenvalue weighted by molar-refractivity contribution is 5.75. The molecule has 4 heterocycles. The molecule has 0 unspecified atom stereocenters. The first kappa shape index (κ1) is 16.1. The van der Waals surface area contributed by atoms with Crippen LogP contribution in [0.5, 0.6) is 0 Å². The molecule has 1 N–H and O–H groups in total. The highest BCUT2D eigenvalue weighted by Crippen LogP contribution is 2.31. The van der Waals surface area contributed by atoms with Gasteiger partial charge in [-0.15, -0.1) is 10.2 Å². The first-order valence-electron chi connectivity index (χ1n) is 9.18. The van der Waals surface area contributed by atoms with Gasteiger partial charge in [-0.2, -0.15) is 0 Å². The zero-order valence-corrected chi connectivity index (χ0v) is 14.4. The Kier molecular flexibility index (Phi) is 4.63. The molecular formula is C18H24N6O. The van der Waals surface area contributed by atoms with Crippen molar-refractivity contribution in [3.05, 3.63) is 41.7 Å². The summed E-state index contributed by atoms with van der Waals surface area (Å²) in [6.45, 7) is 2.18. The lowest BCUT2D eigenvalue weighted by molar-refractivity contribution is 0.192. The van der Waals surface area contributed by atoms with Crippen LogP contribution in [-0.2, 0) is 19.5 Å². The van der Waals surface area contributed by atoms with Crippen LogP contribution in [0.25, 0.3) is 0 Å². The molecule has 1 fully saturated rings. The molecule has 4 rings (SSSR count). The van der Waals surface area contributed by atoms with E-state index in [0.717, 1.165) is 56.0 Å². The predicted octanol–water partition coefficient (Wildman–Crippen LogP) is 2.45. The number of pyridine rings is 1. The van der Waals surface area contributed by atoms with Crippen molar-refractivity contribution < 1.29 is 4.79 Å². The topological polar surface area (TPSA) is 75.9 Å². The number of aryl methyl sites for hydroxylation is 1. The molecule has 7 heteroatoms. The molecule has 0 spiro atoms. The molecule has 0 bridgehead atoms. The third kappa shape index (κ3) is 3.36. The molecule has 0 saturated carbocycles. The van der Waals surface area contributed by atoms with E-state index in [9.17, 15) is 4.79 Å². The average molecular weight is 340 g/mol. The molecule has 2 amide bonds. The zero-order valence-electron chi connectivity index (χ0n) is 14.4. The first-order valence-corrected chi connectivity index (χ1v) is 9.18. The van der Waals surface area contributed by atoms with E-state index in [-0.39, 0.29) is 12.1 Å². The van der Waals surface area contributed by atoms with Crippen LogP contribution in [0.2, 0.25) is 0 Å². The lowest BCUT2D eigenvalue weighted by atomic mass is 10.1. The molecule has 2 aromatic heterocycles. The highest BCUT2D eigenvalue weighted by Gasteiger charge is 2.30. The molecule has 7 nitrogen and oxygen atoms in total. The Bertz CT molecular complexity index is 728. The fourth-order valence-corrected chi connectivity index (χ4v) is 3.87. The molecular weight excluding hydrogens is 316 g/mol. The van der Waals surface area contributed by atoms with Crippen molar-refractivity contribution in [2.45, 2.75) is 57.7 Å². The average Bonchev–Trinajstić information content (AvgIpc) is 3.22. The fraction of sp³-hybridized carbons (Fsp3) is 0.556. The van der Waals surface area contributed by atoms with E-state index in [4.69, 9.17) is 0 Å². The Balaban J connectivity index is 1.41. The van der Waals surface area contributed by atoms with Gasteiger partial charge in [-0.3, -0.25) is 4.98 Å². The van der Waals surface area contributed by atoms with E-state index in [1.165, 1.54) is 12.8 Å². The molecule has 2 aliphatic rings. The molecule has 2 aliphatic heterocycles. The predicted molar refractivity (Wildman–Crippen MR) is 92.7 cm³/mol. The Hall–Kier alpha value is -2.44. The minimum atomic E-state index is -0.0229. The number of carbonyl (C=O) groups excluding carboxylic acids is 1. The van der Waals surface area contributed by atoms with Crippen LogP contribution < -0.4 is 5.32 Å². The van der Waals surface area contributed by atoms with Crippen molar-refractivity contribution in [2.24, 2.45) is 0 Å². The lowest BCUT2D eigenvalue weighted by Gasteiger charge is -2.25. The summed E-state index contributed by atoms with van der Waals surface area (Å²) in [5, 5.41) is 11.6. The summed E-state index contributed by atoms with van der Waals surface area (Å²) >= 11 is 0. The largest absolute Gasteiger partial charge is 0.331 e. The summed E-state index contributed by atoms with van der Waals surface area (Å²) in [4.78, 5) is 18.7. The molecule has 1 atom stereocenters. The van der Waals surface area contributed by atoms with E-state index < -0.39 is 0 Å². The zero-order chi connectivity index (χ0) is 17.1. The van der Waals surface area contributed by atoms with Gasteiger partial charge in [-0.1, -0.05) is 6.42 Å². The van der Waals surface area contributed by atoms with Gasteiger partial charge in [0.15, 0.2) is 5.82 Å². The number of fused-ring (bicyclic) bond motifs is 1. The van der Waals surface area contributed by atoms with Gasteiger partial charge in [0, 0.05) is 31.9 Å². The summed E-state index contributed by atoms with van der Waals surface area (Å²) < 4.78 is 2.18. The maximum Gasteiger partial charge on any atom is 0.318 e. The second-order valence-corrected chi connectivity index (χ2v) is 6.79. The van der Waals surface area contributed by atoms with Crippen molar-refractivity contribution >= 4 is 6.03 Å². The van der Waals surface area contributed by atoms with Gasteiger partial charge in [0.25, 0.3) is 0 Å². The quantitative estimate of drug-likeness (QED) is 0.931. The van der Waals surface area contributed by atoms with E-state index in [1.807, 2.05) is 17.0 Å². The number of nitrogens with one attached hydrogen (secondary N) is 1. The third-order valence-corrected chi connectivity index (χ3v) is 5.19. The summed E-state index contributed by atoms with van der Waals surface area (Å²) in [5.41, 5.74) is 1.15. The molecule has 0 aliphatic carbocycles. The SMILES string of the molecule is O=C(NCc1nnc2n1CCCCC2)N1CCC[C@H]1c1ccncc1. The van der Waals surface area contributed by atoms with Crippen molar-refractivity contribution in [1.82, 2.24) is 30.0 Å². The second-order valence-electron chi connectivity index (χ2n) is 6.79. The van der Waals surface area contributed by atoms with E-state index in [0.29, 0.717) is 6.54 Å². The van der Waals surface area contributed by atoms with Gasteiger partial charge in [0.05, 0.1) is 12.6 Å². The lowest BCUT2D eigenvalue weighted by Crippen LogP contribution is -2.39. The number of carbonyl (C=O) groups is 1. The van der Waals surface area contributed by atoms with Gasteiger partial charge < -0.3 is 14.8 Å². The minimum absolute atomic E-state index is 0.0229. The van der Waals surface area contributed by atoms with E-state index in [1.54, 1.807) is 12.4 Å². The van der Waals surface area contributed by atoms with Crippen molar-refractivity contribution in [1.29, 1.82) is 0 Å². The van der Waals surface area contributed by atoms with Crippen LogP contribution in [0.4, 0.5) is 4.79 Å². The Morgan fingerprint density at radius 3 is 2.88 bits per heavy atom. The summed E-state index contributed by atoms with van der Waals surface area (Å²) in [7, 11) is 0. The molecule has 25 heavy (non-hydrogen) atoms.